The molecule has 2 aliphatic heterocycles. The Bertz CT molecular complexity index is 946. The molecule has 0 radical (unpaired) electrons. The van der Waals surface area contributed by atoms with Gasteiger partial charge < -0.3 is 19.3 Å². The average Bonchev–Trinajstić information content (AvgIpc) is 3.25. The molecule has 0 spiro atoms. The molecule has 1 fully saturated rings. The minimum absolute atomic E-state index is 0.0322. The summed E-state index contributed by atoms with van der Waals surface area (Å²) in [7, 11) is 1.58. The standard InChI is InChI=1S/C23H24N2O4/c1-28-20-4-2-3-19(16-20)23(27)25-12-10-24(11-13-25)22(26)8-6-17-5-7-21-18(15-17)9-14-29-21/h2-8,15-16H,9-14H2,1H3/b8-6+. The van der Waals surface area contributed by atoms with E-state index in [-0.39, 0.29) is 11.8 Å². The molecule has 2 aromatic rings. The third-order valence-corrected chi connectivity index (χ3v) is 5.33. The maximum atomic E-state index is 12.7. The molecule has 0 aliphatic carbocycles. The molecule has 29 heavy (non-hydrogen) atoms. The number of rotatable bonds is 4. The molecule has 2 aliphatic rings. The first-order chi connectivity index (χ1) is 14.1. The van der Waals surface area contributed by atoms with Crippen LogP contribution in [0.3, 0.4) is 0 Å². The second-order valence-electron chi connectivity index (χ2n) is 7.15. The number of hydrogen-bond donors (Lipinski definition) is 0. The van der Waals surface area contributed by atoms with E-state index in [4.69, 9.17) is 9.47 Å². The van der Waals surface area contributed by atoms with Crippen molar-refractivity contribution < 1.29 is 19.1 Å². The minimum atomic E-state index is -0.0353. The fourth-order valence-corrected chi connectivity index (χ4v) is 3.65. The zero-order valence-electron chi connectivity index (χ0n) is 16.5. The van der Waals surface area contributed by atoms with Crippen LogP contribution in [0.25, 0.3) is 6.08 Å². The van der Waals surface area contributed by atoms with E-state index in [9.17, 15) is 9.59 Å². The molecule has 4 rings (SSSR count). The predicted molar refractivity (Wildman–Crippen MR) is 110 cm³/mol. The average molecular weight is 392 g/mol. The highest BCUT2D eigenvalue weighted by Gasteiger charge is 2.24. The number of carbonyl (C=O) groups is 2. The fourth-order valence-electron chi connectivity index (χ4n) is 3.65. The molecule has 0 bridgehead atoms. The molecular formula is C23H24N2O4. The highest BCUT2D eigenvalue weighted by molar-refractivity contribution is 5.95. The Morgan fingerprint density at radius 2 is 1.83 bits per heavy atom. The number of piperazine rings is 1. The number of amides is 2. The highest BCUT2D eigenvalue weighted by atomic mass is 16.5. The lowest BCUT2D eigenvalue weighted by atomic mass is 10.1. The number of hydrogen-bond acceptors (Lipinski definition) is 4. The minimum Gasteiger partial charge on any atom is -0.497 e. The van der Waals surface area contributed by atoms with Crippen LogP contribution in [0, 0.1) is 0 Å². The van der Waals surface area contributed by atoms with Crippen molar-refractivity contribution in [1.82, 2.24) is 9.80 Å². The van der Waals surface area contributed by atoms with E-state index < -0.39 is 0 Å². The number of fused-ring (bicyclic) bond motifs is 1. The molecule has 0 aromatic heterocycles. The van der Waals surface area contributed by atoms with Crippen LogP contribution in [0.1, 0.15) is 21.5 Å². The van der Waals surface area contributed by atoms with Gasteiger partial charge in [-0.3, -0.25) is 9.59 Å². The Balaban J connectivity index is 1.33. The normalized spacial score (nSPS) is 15.9. The van der Waals surface area contributed by atoms with Crippen LogP contribution < -0.4 is 9.47 Å². The highest BCUT2D eigenvalue weighted by Crippen LogP contribution is 2.26. The van der Waals surface area contributed by atoms with Gasteiger partial charge in [0.1, 0.15) is 11.5 Å². The van der Waals surface area contributed by atoms with Gasteiger partial charge in [-0.15, -0.1) is 0 Å². The van der Waals surface area contributed by atoms with Crippen molar-refractivity contribution in [2.75, 3.05) is 39.9 Å². The lowest BCUT2D eigenvalue weighted by molar-refractivity contribution is -0.127. The van der Waals surface area contributed by atoms with Gasteiger partial charge in [0, 0.05) is 44.2 Å². The third-order valence-electron chi connectivity index (χ3n) is 5.33. The Morgan fingerprint density at radius 3 is 2.62 bits per heavy atom. The van der Waals surface area contributed by atoms with E-state index in [0.29, 0.717) is 37.5 Å². The fraction of sp³-hybridized carbons (Fsp3) is 0.304. The summed E-state index contributed by atoms with van der Waals surface area (Å²) in [6.45, 7) is 2.81. The largest absolute Gasteiger partial charge is 0.497 e. The molecule has 6 heteroatoms. The van der Waals surface area contributed by atoms with Gasteiger partial charge in [-0.05, 0) is 47.5 Å². The van der Waals surface area contributed by atoms with Gasteiger partial charge >= 0.3 is 0 Å². The first kappa shape index (κ1) is 19.1. The molecule has 0 unspecified atom stereocenters. The van der Waals surface area contributed by atoms with Crippen molar-refractivity contribution in [2.24, 2.45) is 0 Å². The van der Waals surface area contributed by atoms with Crippen molar-refractivity contribution in [3.05, 3.63) is 65.2 Å². The van der Waals surface area contributed by atoms with E-state index in [2.05, 4.69) is 6.07 Å². The van der Waals surface area contributed by atoms with Crippen molar-refractivity contribution in [3.8, 4) is 11.5 Å². The van der Waals surface area contributed by atoms with Crippen LogP contribution in [0.4, 0.5) is 0 Å². The summed E-state index contributed by atoms with van der Waals surface area (Å²) in [6.07, 6.45) is 4.36. The number of benzene rings is 2. The van der Waals surface area contributed by atoms with Crippen molar-refractivity contribution in [2.45, 2.75) is 6.42 Å². The van der Waals surface area contributed by atoms with Crippen molar-refractivity contribution in [3.63, 3.8) is 0 Å². The Hall–Kier alpha value is -3.28. The maximum Gasteiger partial charge on any atom is 0.254 e. The molecule has 2 amide bonds. The van der Waals surface area contributed by atoms with E-state index in [0.717, 1.165) is 24.3 Å². The van der Waals surface area contributed by atoms with E-state index in [1.807, 2.05) is 30.3 Å². The van der Waals surface area contributed by atoms with Crippen LogP contribution in [-0.4, -0.2) is 61.5 Å². The molecule has 0 saturated carbocycles. The molecule has 2 aromatic carbocycles. The lowest BCUT2D eigenvalue weighted by Gasteiger charge is -2.34. The Labute approximate surface area is 170 Å². The smallest absolute Gasteiger partial charge is 0.254 e. The van der Waals surface area contributed by atoms with Crippen LogP contribution >= 0.6 is 0 Å². The van der Waals surface area contributed by atoms with Crippen LogP contribution in [-0.2, 0) is 11.2 Å². The number of methoxy groups -OCH3 is 1. The molecule has 1 saturated heterocycles. The van der Waals surface area contributed by atoms with Crippen molar-refractivity contribution in [1.29, 1.82) is 0 Å². The van der Waals surface area contributed by atoms with Gasteiger partial charge in [-0.1, -0.05) is 12.1 Å². The van der Waals surface area contributed by atoms with Gasteiger partial charge in [-0.2, -0.15) is 0 Å². The molecule has 6 nitrogen and oxygen atoms in total. The summed E-state index contributed by atoms with van der Waals surface area (Å²) in [5.74, 6) is 1.53. The van der Waals surface area contributed by atoms with Gasteiger partial charge in [0.2, 0.25) is 5.91 Å². The van der Waals surface area contributed by atoms with E-state index in [1.165, 1.54) is 5.56 Å². The van der Waals surface area contributed by atoms with E-state index >= 15 is 0 Å². The second kappa shape index (κ2) is 8.39. The predicted octanol–water partition coefficient (Wildman–Crippen LogP) is 2.63. The molecule has 2 heterocycles. The molecular weight excluding hydrogens is 368 g/mol. The summed E-state index contributed by atoms with van der Waals surface area (Å²) in [5.41, 5.74) is 2.78. The SMILES string of the molecule is COc1cccc(C(=O)N2CCN(C(=O)/C=C/c3ccc4c(c3)CCO4)CC2)c1. The van der Waals surface area contributed by atoms with Crippen molar-refractivity contribution >= 4 is 17.9 Å². The monoisotopic (exact) mass is 392 g/mol. The summed E-state index contributed by atoms with van der Waals surface area (Å²) in [4.78, 5) is 28.8. The lowest BCUT2D eigenvalue weighted by Crippen LogP contribution is -2.50. The molecule has 0 N–H and O–H groups in total. The zero-order valence-corrected chi connectivity index (χ0v) is 16.5. The summed E-state index contributed by atoms with van der Waals surface area (Å²) < 4.78 is 10.7. The van der Waals surface area contributed by atoms with Gasteiger partial charge in [0.05, 0.1) is 13.7 Å². The van der Waals surface area contributed by atoms with Gasteiger partial charge in [-0.25, -0.2) is 0 Å². The number of nitrogens with zero attached hydrogens (tertiary/aromatic N) is 2. The summed E-state index contributed by atoms with van der Waals surface area (Å²) in [5, 5.41) is 0. The first-order valence-corrected chi connectivity index (χ1v) is 9.80. The topological polar surface area (TPSA) is 59.1 Å². The number of carbonyl (C=O) groups excluding carboxylic acids is 2. The number of ether oxygens (including phenoxy) is 2. The van der Waals surface area contributed by atoms with Crippen LogP contribution in [0.15, 0.2) is 48.5 Å². The van der Waals surface area contributed by atoms with Gasteiger partial charge in [0.15, 0.2) is 0 Å². The molecule has 0 atom stereocenters. The summed E-state index contributed by atoms with van der Waals surface area (Å²) >= 11 is 0. The summed E-state index contributed by atoms with van der Waals surface area (Å²) in [6, 6.07) is 13.1. The maximum absolute atomic E-state index is 12.7. The molecule has 150 valence electrons. The van der Waals surface area contributed by atoms with Crippen LogP contribution in [0.5, 0.6) is 11.5 Å². The quantitative estimate of drug-likeness (QED) is 0.751. The third kappa shape index (κ3) is 4.26. The Kier molecular flexibility index (Phi) is 5.51. The second-order valence-corrected chi connectivity index (χ2v) is 7.15. The van der Waals surface area contributed by atoms with Crippen LogP contribution in [0.2, 0.25) is 0 Å². The zero-order chi connectivity index (χ0) is 20.2. The van der Waals surface area contributed by atoms with Gasteiger partial charge in [0.25, 0.3) is 5.91 Å². The van der Waals surface area contributed by atoms with E-state index in [1.54, 1.807) is 35.1 Å². The first-order valence-electron chi connectivity index (χ1n) is 9.80. The Morgan fingerprint density at radius 1 is 1.03 bits per heavy atom.